The number of halogens is 2. The third-order valence-electron chi connectivity index (χ3n) is 8.19. The van der Waals surface area contributed by atoms with Crippen LogP contribution in [0.15, 0.2) is 121 Å². The van der Waals surface area contributed by atoms with E-state index >= 15 is 0 Å². The standard InChI is InChI=1S/C29H31.C12H7Si.2ClH.Zr/c1-5-6-12-21-19-23-17-18-27(29(2,3)4)28(26(23)20-21)25-16-11-10-15-24(25)22-13-8-7-9-14-22;1-3-7-11-9(5-1)10-6-2-4-8-12(10)13-11;;;/h7-11,13-20H,5-6,12H2,1-4H3;1-7H;2*1H;/q2*-1;;;+4/p-2. The average Bonchev–Trinajstić information content (AvgIpc) is 3.65. The minimum absolute atomic E-state index is 0.0776. The Bertz CT molecular complexity index is 1810. The molecule has 0 aromatic heterocycles. The van der Waals surface area contributed by atoms with Crippen molar-refractivity contribution in [2.45, 2.75) is 52.4 Å². The van der Waals surface area contributed by atoms with E-state index in [1.807, 2.05) is 6.07 Å². The molecule has 45 heavy (non-hydrogen) atoms. The van der Waals surface area contributed by atoms with E-state index in [-0.39, 0.29) is 5.41 Å². The van der Waals surface area contributed by atoms with Gasteiger partial charge in [0.2, 0.25) is 0 Å². The summed E-state index contributed by atoms with van der Waals surface area (Å²) in [7, 11) is 10.7. The normalized spacial score (nSPS) is 11.4. The second kappa shape index (κ2) is 15.8. The van der Waals surface area contributed by atoms with E-state index in [2.05, 4.69) is 149 Å². The summed E-state index contributed by atoms with van der Waals surface area (Å²) in [4.78, 5) is 0. The van der Waals surface area contributed by atoms with Crippen molar-refractivity contribution in [1.82, 2.24) is 0 Å². The molecule has 0 amide bonds. The van der Waals surface area contributed by atoms with Crippen LogP contribution in [-0.2, 0) is 32.7 Å². The van der Waals surface area contributed by atoms with E-state index in [9.17, 15) is 0 Å². The predicted octanol–water partition coefficient (Wildman–Crippen LogP) is 11.0. The van der Waals surface area contributed by atoms with Crippen LogP contribution in [0.3, 0.4) is 0 Å². The van der Waals surface area contributed by atoms with Crippen molar-refractivity contribution < 1.29 is 20.8 Å². The zero-order valence-corrected chi connectivity index (χ0v) is 31.4. The summed E-state index contributed by atoms with van der Waals surface area (Å²) in [5, 5.41) is 5.58. The molecule has 0 fully saturated rings. The van der Waals surface area contributed by atoms with Gasteiger partial charge in [0.15, 0.2) is 0 Å². The van der Waals surface area contributed by atoms with Crippen LogP contribution in [-0.4, -0.2) is 9.52 Å². The van der Waals surface area contributed by atoms with Crippen molar-refractivity contribution >= 4 is 47.7 Å². The van der Waals surface area contributed by atoms with Gasteiger partial charge in [0.05, 0.1) is 9.52 Å². The van der Waals surface area contributed by atoms with Crippen molar-refractivity contribution in [2.24, 2.45) is 0 Å². The molecule has 1 aliphatic heterocycles. The van der Waals surface area contributed by atoms with Crippen molar-refractivity contribution in [2.75, 3.05) is 0 Å². The third-order valence-corrected chi connectivity index (χ3v) is 9.56. The van der Waals surface area contributed by atoms with E-state index < -0.39 is 20.8 Å². The Morgan fingerprint density at radius 2 is 1.40 bits per heavy atom. The molecule has 6 aromatic carbocycles. The van der Waals surface area contributed by atoms with Crippen LogP contribution in [0.5, 0.6) is 0 Å². The van der Waals surface area contributed by atoms with E-state index in [1.54, 1.807) is 0 Å². The van der Waals surface area contributed by atoms with Crippen LogP contribution in [0.4, 0.5) is 0 Å². The number of rotatable bonds is 5. The fourth-order valence-electron chi connectivity index (χ4n) is 6.08. The summed E-state index contributed by atoms with van der Waals surface area (Å²) in [6, 6.07) is 47.3. The van der Waals surface area contributed by atoms with Crippen molar-refractivity contribution in [3.8, 4) is 33.4 Å². The molecule has 0 N–H and O–H groups in total. The molecule has 1 heterocycles. The topological polar surface area (TPSA) is 0 Å². The van der Waals surface area contributed by atoms with Crippen LogP contribution in [0.25, 0.3) is 44.2 Å². The van der Waals surface area contributed by atoms with Crippen LogP contribution < -0.4 is 10.4 Å². The van der Waals surface area contributed by atoms with E-state index in [1.165, 1.54) is 78.5 Å². The monoisotopic (exact) mass is 718 g/mol. The fourth-order valence-corrected chi connectivity index (χ4v) is 7.39. The first-order valence-electron chi connectivity index (χ1n) is 15.6. The largest absolute Gasteiger partial charge is 0.184 e. The van der Waals surface area contributed by atoms with Gasteiger partial charge in [-0.25, -0.2) is 0 Å². The van der Waals surface area contributed by atoms with Gasteiger partial charge in [0, 0.05) is 0 Å². The molecule has 0 nitrogen and oxygen atoms in total. The molecule has 0 unspecified atom stereocenters. The Morgan fingerprint density at radius 3 is 2.11 bits per heavy atom. The molecule has 0 bridgehead atoms. The van der Waals surface area contributed by atoms with Crippen molar-refractivity contribution in [3.05, 3.63) is 139 Å². The van der Waals surface area contributed by atoms with Gasteiger partial charge in [-0.05, 0) is 28.5 Å². The van der Waals surface area contributed by atoms with Crippen LogP contribution >= 0.6 is 17.0 Å². The summed E-state index contributed by atoms with van der Waals surface area (Å²) < 4.78 is 0. The second-order valence-corrected chi connectivity index (χ2v) is 17.3. The maximum Gasteiger partial charge on any atom is 0.0920 e. The maximum absolute atomic E-state index is 4.93. The van der Waals surface area contributed by atoms with E-state index in [4.69, 9.17) is 17.0 Å². The van der Waals surface area contributed by atoms with Crippen molar-refractivity contribution in [3.63, 3.8) is 0 Å². The zero-order valence-electron chi connectivity index (χ0n) is 26.4. The first-order chi connectivity index (χ1) is 21.9. The first kappa shape index (κ1) is 33.7. The Kier molecular flexibility index (Phi) is 11.8. The number of hydrogen-bond donors (Lipinski definition) is 0. The Morgan fingerprint density at radius 1 is 0.756 bits per heavy atom. The molecule has 0 saturated heterocycles. The van der Waals surface area contributed by atoms with Crippen LogP contribution in [0, 0.1) is 6.07 Å². The van der Waals surface area contributed by atoms with Gasteiger partial charge in [-0.2, -0.15) is 35.5 Å². The van der Waals surface area contributed by atoms with Crippen LogP contribution in [0.2, 0.25) is 0 Å². The fraction of sp³-hybridized carbons (Fsp3) is 0.195. The van der Waals surface area contributed by atoms with Gasteiger partial charge < -0.3 is 0 Å². The minimum atomic E-state index is -0.826. The maximum atomic E-state index is 4.93. The minimum Gasteiger partial charge on any atom is -0.184 e. The Hall–Kier alpha value is -2.61. The molecular formula is C41H38Cl2SiZr. The second-order valence-electron chi connectivity index (χ2n) is 12.3. The molecule has 4 heteroatoms. The summed E-state index contributed by atoms with van der Waals surface area (Å²) >= 11 is -0.826. The quantitative estimate of drug-likeness (QED) is 0.123. The van der Waals surface area contributed by atoms with E-state index in [0.29, 0.717) is 0 Å². The number of aryl methyl sites for hydroxylation is 1. The molecule has 2 radical (unpaired) electrons. The van der Waals surface area contributed by atoms with Gasteiger partial charge in [-0.15, -0.1) is 40.1 Å². The summed E-state index contributed by atoms with van der Waals surface area (Å²) in [6.45, 7) is 9.24. The van der Waals surface area contributed by atoms with Gasteiger partial charge in [-0.1, -0.05) is 141 Å². The molecule has 0 atom stereocenters. The molecule has 224 valence electrons. The van der Waals surface area contributed by atoms with Gasteiger partial charge in [-0.3, -0.25) is 0 Å². The van der Waals surface area contributed by atoms with Gasteiger partial charge in [0.1, 0.15) is 0 Å². The third kappa shape index (κ3) is 8.04. The smallest absolute Gasteiger partial charge is 0.0920 e. The van der Waals surface area contributed by atoms with Crippen molar-refractivity contribution in [1.29, 1.82) is 0 Å². The Labute approximate surface area is 290 Å². The Balaban J connectivity index is 0.000000206. The molecule has 0 saturated carbocycles. The number of fused-ring (bicyclic) bond motifs is 4. The summed E-state index contributed by atoms with van der Waals surface area (Å²) in [6.07, 6.45) is 3.65. The average molecular weight is 721 g/mol. The summed E-state index contributed by atoms with van der Waals surface area (Å²) in [5.74, 6) is 0. The molecule has 7 rings (SSSR count). The number of hydrogen-bond acceptors (Lipinski definition) is 0. The molecule has 6 aromatic rings. The van der Waals surface area contributed by atoms with Gasteiger partial charge >= 0.3 is 37.9 Å². The van der Waals surface area contributed by atoms with Crippen LogP contribution in [0.1, 0.15) is 51.7 Å². The predicted molar refractivity (Wildman–Crippen MR) is 195 cm³/mol. The SMILES string of the molecule is CCCCc1cc2c(-c3ccccc3-c3ccccc3)c(C(C)(C)C)ccc2[cH-]1.[Cl][Zr+2][Cl].[c-]1cccc2c1[Si]c1ccccc1-2. The summed E-state index contributed by atoms with van der Waals surface area (Å²) in [5.41, 5.74) is 11.0. The molecule has 0 aliphatic carbocycles. The molecule has 0 spiro atoms. The molecular weight excluding hydrogens is 683 g/mol. The first-order valence-corrected chi connectivity index (χ1v) is 22.9. The van der Waals surface area contributed by atoms with E-state index in [0.717, 1.165) is 15.9 Å². The zero-order chi connectivity index (χ0) is 31.8. The number of benzene rings is 5. The molecule has 1 aliphatic rings. The van der Waals surface area contributed by atoms with Gasteiger partial charge in [0.25, 0.3) is 0 Å². The number of unbranched alkanes of at least 4 members (excludes halogenated alkanes) is 1.